The molecule has 0 aromatic heterocycles. The Labute approximate surface area is 292 Å². The van der Waals surface area contributed by atoms with Crippen LogP contribution in [0, 0.1) is 0 Å². The molecule has 7 aromatic rings. The van der Waals surface area contributed by atoms with Gasteiger partial charge >= 0.3 is 0 Å². The Balaban J connectivity index is 1.19. The lowest BCUT2D eigenvalue weighted by atomic mass is 9.83. The first-order valence-electron chi connectivity index (χ1n) is 17.6. The van der Waals surface area contributed by atoms with Gasteiger partial charge < -0.3 is 9.64 Å². The van der Waals surface area contributed by atoms with Gasteiger partial charge in [-0.2, -0.15) is 0 Å². The maximum atomic E-state index is 6.92. The fourth-order valence-corrected chi connectivity index (χ4v) is 8.33. The topological polar surface area (TPSA) is 12.5 Å². The summed E-state index contributed by atoms with van der Waals surface area (Å²) in [5.74, 6) is 1.97. The molecule has 10 rings (SSSR count). The predicted octanol–water partition coefficient (Wildman–Crippen LogP) is 12.7. The van der Waals surface area contributed by atoms with Crippen LogP contribution in [0.2, 0.25) is 0 Å². The summed E-state index contributed by atoms with van der Waals surface area (Å²) >= 11 is 0. The van der Waals surface area contributed by atoms with Gasteiger partial charge in [-0.1, -0.05) is 140 Å². The number of nitrogens with zero attached hydrogens (tertiary/aromatic N) is 1. The molecule has 0 amide bonds. The van der Waals surface area contributed by atoms with Gasteiger partial charge in [0.1, 0.15) is 11.5 Å². The molecule has 2 heteroatoms. The molecule has 2 unspecified atom stereocenters. The van der Waals surface area contributed by atoms with Crippen molar-refractivity contribution in [3.63, 3.8) is 0 Å². The van der Waals surface area contributed by atoms with E-state index in [1.807, 2.05) is 0 Å². The van der Waals surface area contributed by atoms with E-state index >= 15 is 0 Å². The molecule has 1 heterocycles. The lowest BCUT2D eigenvalue weighted by Gasteiger charge is -2.38. The first-order chi connectivity index (χ1) is 24.8. The normalized spacial score (nSPS) is 17.7. The second-order valence-electron chi connectivity index (χ2n) is 13.6. The quantitative estimate of drug-likeness (QED) is 0.185. The van der Waals surface area contributed by atoms with E-state index in [1.165, 1.54) is 66.1 Å². The third-order valence-corrected chi connectivity index (χ3v) is 10.7. The van der Waals surface area contributed by atoms with E-state index in [0.717, 1.165) is 29.7 Å². The Morgan fingerprint density at radius 1 is 0.580 bits per heavy atom. The van der Waals surface area contributed by atoms with E-state index < -0.39 is 0 Å². The van der Waals surface area contributed by atoms with Gasteiger partial charge in [0.15, 0.2) is 0 Å². The zero-order chi connectivity index (χ0) is 33.0. The van der Waals surface area contributed by atoms with Crippen LogP contribution in [-0.4, -0.2) is 6.04 Å². The number of para-hydroxylation sites is 1. The minimum absolute atomic E-state index is 0.00132. The fraction of sp³-hybridized carbons (Fsp3) is 0.0833. The molecule has 0 spiro atoms. The molecule has 238 valence electrons. The SMILES string of the molecule is C1=CCCC(c2ccccc2N(c2ccc3ccccc3c2)C2C=CC=C3Oc4c(cc(-c5ccc6ccccc6c5)c5ccccc45)C32)=C1. The minimum Gasteiger partial charge on any atom is -0.460 e. The summed E-state index contributed by atoms with van der Waals surface area (Å²) in [6.07, 6.45) is 15.6. The number of rotatable bonds is 5. The summed E-state index contributed by atoms with van der Waals surface area (Å²) < 4.78 is 6.92. The van der Waals surface area contributed by atoms with Crippen molar-refractivity contribution < 1.29 is 4.74 Å². The molecule has 0 radical (unpaired) electrons. The molecule has 2 nitrogen and oxygen atoms in total. The van der Waals surface area contributed by atoms with Crippen LogP contribution in [0.3, 0.4) is 0 Å². The molecule has 0 bridgehead atoms. The van der Waals surface area contributed by atoms with Gasteiger partial charge in [0.05, 0.1) is 12.0 Å². The zero-order valence-corrected chi connectivity index (χ0v) is 27.7. The van der Waals surface area contributed by atoms with Gasteiger partial charge in [0, 0.05) is 27.9 Å². The number of benzene rings is 7. The largest absolute Gasteiger partial charge is 0.460 e. The van der Waals surface area contributed by atoms with Crippen LogP contribution < -0.4 is 9.64 Å². The molecule has 3 aliphatic rings. The van der Waals surface area contributed by atoms with Crippen LogP contribution in [0.25, 0.3) is 49.0 Å². The van der Waals surface area contributed by atoms with Crippen LogP contribution in [-0.2, 0) is 0 Å². The molecule has 50 heavy (non-hydrogen) atoms. The Bertz CT molecular complexity index is 2600. The molecule has 2 atom stereocenters. The maximum Gasteiger partial charge on any atom is 0.138 e. The van der Waals surface area contributed by atoms with E-state index in [4.69, 9.17) is 4.74 Å². The average molecular weight is 642 g/mol. The molecular weight excluding hydrogens is 607 g/mol. The molecule has 7 aromatic carbocycles. The molecule has 0 fully saturated rings. The third kappa shape index (κ3) is 4.71. The highest BCUT2D eigenvalue weighted by atomic mass is 16.5. The van der Waals surface area contributed by atoms with E-state index in [0.29, 0.717) is 0 Å². The summed E-state index contributed by atoms with van der Waals surface area (Å²) in [4.78, 5) is 2.57. The van der Waals surface area contributed by atoms with Crippen molar-refractivity contribution >= 4 is 49.3 Å². The third-order valence-electron chi connectivity index (χ3n) is 10.7. The second kappa shape index (κ2) is 11.8. The summed E-state index contributed by atoms with van der Waals surface area (Å²) in [7, 11) is 0. The van der Waals surface area contributed by atoms with Gasteiger partial charge in [-0.3, -0.25) is 0 Å². The Hall–Kier alpha value is -6.12. The standard InChI is InChI=1S/C48H35NO/c1-2-15-34(16-3-1)39-19-10-11-22-44(39)49(38-28-27-33-14-5-7-18-36(33)30-38)45-23-12-24-46-47(45)43-31-42(40-20-8-9-21-41(40)48(43)50-46)37-26-25-32-13-4-6-17-35(32)29-37/h1-2,4-15,17-31,45,47H,3,16H2. The highest BCUT2D eigenvalue weighted by molar-refractivity contribution is 6.03. The molecule has 0 N–H and O–H groups in total. The first kappa shape index (κ1) is 28.9. The highest BCUT2D eigenvalue weighted by Crippen LogP contribution is 2.53. The van der Waals surface area contributed by atoms with E-state index in [1.54, 1.807) is 0 Å². The molecule has 0 saturated carbocycles. The predicted molar refractivity (Wildman–Crippen MR) is 210 cm³/mol. The number of fused-ring (bicyclic) bond motifs is 7. The maximum absolute atomic E-state index is 6.92. The van der Waals surface area contributed by atoms with Crippen LogP contribution >= 0.6 is 0 Å². The number of hydrogen-bond donors (Lipinski definition) is 0. The van der Waals surface area contributed by atoms with Gasteiger partial charge in [-0.15, -0.1) is 0 Å². The van der Waals surface area contributed by atoms with Crippen molar-refractivity contribution in [1.82, 2.24) is 0 Å². The van der Waals surface area contributed by atoms with Crippen molar-refractivity contribution in [1.29, 1.82) is 0 Å². The van der Waals surface area contributed by atoms with E-state index in [2.05, 4.69) is 181 Å². The summed E-state index contributed by atoms with van der Waals surface area (Å²) in [5, 5.41) is 7.33. The fourth-order valence-electron chi connectivity index (χ4n) is 8.33. The monoisotopic (exact) mass is 641 g/mol. The van der Waals surface area contributed by atoms with Crippen LogP contribution in [0.5, 0.6) is 5.75 Å². The molecule has 2 aliphatic carbocycles. The van der Waals surface area contributed by atoms with Crippen molar-refractivity contribution in [2.75, 3.05) is 4.90 Å². The van der Waals surface area contributed by atoms with Gasteiger partial charge in [0.2, 0.25) is 0 Å². The lowest BCUT2D eigenvalue weighted by molar-refractivity contribution is 0.419. The number of allylic oxidation sites excluding steroid dienone is 6. The number of hydrogen-bond acceptors (Lipinski definition) is 2. The van der Waals surface area contributed by atoms with Crippen molar-refractivity contribution in [2.24, 2.45) is 0 Å². The Morgan fingerprint density at radius 3 is 2.12 bits per heavy atom. The summed E-state index contributed by atoms with van der Waals surface area (Å²) in [5.41, 5.74) is 8.72. The minimum atomic E-state index is -0.0242. The molecular formula is C48H35NO. The summed E-state index contributed by atoms with van der Waals surface area (Å²) in [6.45, 7) is 0. The van der Waals surface area contributed by atoms with Crippen LogP contribution in [0.15, 0.2) is 182 Å². The number of ether oxygens (including phenoxy) is 1. The average Bonchev–Trinajstić information content (AvgIpc) is 3.58. The van der Waals surface area contributed by atoms with E-state index in [-0.39, 0.29) is 12.0 Å². The van der Waals surface area contributed by atoms with E-state index in [9.17, 15) is 0 Å². The second-order valence-corrected chi connectivity index (χ2v) is 13.6. The van der Waals surface area contributed by atoms with Crippen molar-refractivity contribution in [3.8, 4) is 16.9 Å². The number of anilines is 2. The smallest absolute Gasteiger partial charge is 0.138 e. The van der Waals surface area contributed by atoms with Gasteiger partial charge in [-0.25, -0.2) is 0 Å². The highest BCUT2D eigenvalue weighted by Gasteiger charge is 2.41. The Kier molecular flexibility index (Phi) is 6.80. The lowest BCUT2D eigenvalue weighted by Crippen LogP contribution is -2.36. The van der Waals surface area contributed by atoms with Gasteiger partial charge in [0.25, 0.3) is 0 Å². The summed E-state index contributed by atoms with van der Waals surface area (Å²) in [6, 6.07) is 51.1. The molecule has 0 saturated heterocycles. The van der Waals surface area contributed by atoms with Crippen molar-refractivity contribution in [2.45, 2.75) is 24.8 Å². The molecule has 1 aliphatic heterocycles. The first-order valence-corrected chi connectivity index (χ1v) is 17.6. The van der Waals surface area contributed by atoms with Crippen LogP contribution in [0.1, 0.15) is 29.9 Å². The van der Waals surface area contributed by atoms with Crippen LogP contribution in [0.4, 0.5) is 11.4 Å². The zero-order valence-electron chi connectivity index (χ0n) is 27.7. The Morgan fingerprint density at radius 2 is 1.30 bits per heavy atom. The van der Waals surface area contributed by atoms with Gasteiger partial charge in [-0.05, 0) is 92.9 Å². The van der Waals surface area contributed by atoms with Crippen molar-refractivity contribution in [3.05, 3.63) is 193 Å².